The fraction of sp³-hybridized carbons (Fsp3) is 0.353. The average molecular weight is 320 g/mol. The first kappa shape index (κ1) is 14.6. The van der Waals surface area contributed by atoms with Gasteiger partial charge in [0.05, 0.1) is 4.88 Å². The summed E-state index contributed by atoms with van der Waals surface area (Å²) < 4.78 is 0. The lowest BCUT2D eigenvalue weighted by molar-refractivity contribution is 0.103. The van der Waals surface area contributed by atoms with Gasteiger partial charge in [-0.15, -0.1) is 11.3 Å². The molecule has 1 aromatic heterocycles. The van der Waals surface area contributed by atoms with Gasteiger partial charge in [-0.25, -0.2) is 0 Å². The van der Waals surface area contributed by atoms with Crippen molar-refractivity contribution in [1.82, 2.24) is 0 Å². The minimum absolute atomic E-state index is 0.0373. The molecule has 1 heterocycles. The maximum atomic E-state index is 12.4. The van der Waals surface area contributed by atoms with Crippen LogP contribution in [0.2, 0.25) is 5.02 Å². The van der Waals surface area contributed by atoms with Gasteiger partial charge in [0.2, 0.25) is 0 Å². The SMILES string of the molecule is CC[C@@H]1CCc2sc(C(=O)Nc3cccc(Cl)c3)cc2C1. The van der Waals surface area contributed by atoms with Gasteiger partial charge in [-0.2, -0.15) is 0 Å². The summed E-state index contributed by atoms with van der Waals surface area (Å²) in [5, 5.41) is 3.55. The summed E-state index contributed by atoms with van der Waals surface area (Å²) in [6.07, 6.45) is 4.70. The quantitative estimate of drug-likeness (QED) is 0.831. The number of carbonyl (C=O) groups excluding carboxylic acids is 1. The van der Waals surface area contributed by atoms with Crippen molar-refractivity contribution in [3.05, 3.63) is 50.7 Å². The third-order valence-corrected chi connectivity index (χ3v) is 5.54. The van der Waals surface area contributed by atoms with Crippen molar-refractivity contribution in [2.45, 2.75) is 32.6 Å². The molecule has 0 saturated heterocycles. The predicted molar refractivity (Wildman–Crippen MR) is 89.5 cm³/mol. The Morgan fingerprint density at radius 3 is 3.05 bits per heavy atom. The molecular formula is C17H18ClNOS. The normalized spacial score (nSPS) is 17.3. The van der Waals surface area contributed by atoms with Gasteiger partial charge >= 0.3 is 0 Å². The molecule has 1 N–H and O–H groups in total. The molecule has 0 spiro atoms. The zero-order chi connectivity index (χ0) is 14.8. The average Bonchev–Trinajstić information content (AvgIpc) is 2.90. The smallest absolute Gasteiger partial charge is 0.265 e. The lowest BCUT2D eigenvalue weighted by Crippen LogP contribution is -2.11. The summed E-state index contributed by atoms with van der Waals surface area (Å²) in [6, 6.07) is 9.32. The maximum absolute atomic E-state index is 12.4. The topological polar surface area (TPSA) is 29.1 Å². The largest absolute Gasteiger partial charge is 0.321 e. The third-order valence-electron chi connectivity index (χ3n) is 4.07. The summed E-state index contributed by atoms with van der Waals surface area (Å²) >= 11 is 7.57. The zero-order valence-electron chi connectivity index (χ0n) is 12.0. The van der Waals surface area contributed by atoms with Crippen LogP contribution in [-0.4, -0.2) is 5.91 Å². The van der Waals surface area contributed by atoms with Crippen LogP contribution in [0.3, 0.4) is 0 Å². The second-order valence-electron chi connectivity index (χ2n) is 5.54. The molecule has 0 radical (unpaired) electrons. The van der Waals surface area contributed by atoms with E-state index in [9.17, 15) is 4.79 Å². The van der Waals surface area contributed by atoms with Crippen molar-refractivity contribution in [2.75, 3.05) is 5.32 Å². The molecule has 1 aliphatic carbocycles. The number of anilines is 1. The Labute approximate surface area is 134 Å². The van der Waals surface area contributed by atoms with Crippen LogP contribution in [0.5, 0.6) is 0 Å². The summed E-state index contributed by atoms with van der Waals surface area (Å²) in [5.74, 6) is 0.737. The number of aryl methyl sites for hydroxylation is 1. The summed E-state index contributed by atoms with van der Waals surface area (Å²) in [6.45, 7) is 2.24. The fourth-order valence-corrected chi connectivity index (χ4v) is 4.11. The Morgan fingerprint density at radius 2 is 2.29 bits per heavy atom. The van der Waals surface area contributed by atoms with Crippen molar-refractivity contribution in [3.63, 3.8) is 0 Å². The van der Waals surface area contributed by atoms with E-state index in [4.69, 9.17) is 11.6 Å². The Balaban J connectivity index is 1.75. The first-order chi connectivity index (χ1) is 10.2. The molecule has 4 heteroatoms. The fourth-order valence-electron chi connectivity index (χ4n) is 2.82. The minimum atomic E-state index is -0.0373. The van der Waals surface area contributed by atoms with Crippen LogP contribution < -0.4 is 5.32 Å². The van der Waals surface area contributed by atoms with Crippen LogP contribution in [-0.2, 0) is 12.8 Å². The lowest BCUT2D eigenvalue weighted by Gasteiger charge is -2.19. The van der Waals surface area contributed by atoms with Gasteiger partial charge in [0.25, 0.3) is 5.91 Å². The number of carbonyl (C=O) groups is 1. The number of rotatable bonds is 3. The first-order valence-corrected chi connectivity index (χ1v) is 8.53. The Hall–Kier alpha value is -1.32. The van der Waals surface area contributed by atoms with E-state index < -0.39 is 0 Å². The number of halogens is 1. The van der Waals surface area contributed by atoms with Crippen LogP contribution in [0, 0.1) is 5.92 Å². The van der Waals surface area contributed by atoms with Gasteiger partial charge in [-0.3, -0.25) is 4.79 Å². The van der Waals surface area contributed by atoms with Crippen LogP contribution in [0.25, 0.3) is 0 Å². The molecule has 21 heavy (non-hydrogen) atoms. The monoisotopic (exact) mass is 319 g/mol. The number of amides is 1. The van der Waals surface area contributed by atoms with Gasteiger partial charge in [-0.1, -0.05) is 31.0 Å². The molecule has 1 amide bonds. The van der Waals surface area contributed by atoms with E-state index in [-0.39, 0.29) is 5.91 Å². The molecule has 3 rings (SSSR count). The van der Waals surface area contributed by atoms with Crippen LogP contribution in [0.15, 0.2) is 30.3 Å². The highest BCUT2D eigenvalue weighted by molar-refractivity contribution is 7.14. The molecule has 0 unspecified atom stereocenters. The van der Waals surface area contributed by atoms with Crippen LogP contribution in [0.4, 0.5) is 5.69 Å². The van der Waals surface area contributed by atoms with Crippen molar-refractivity contribution in [2.24, 2.45) is 5.92 Å². The molecule has 1 aliphatic rings. The number of hydrogen-bond acceptors (Lipinski definition) is 2. The molecule has 1 atom stereocenters. The van der Waals surface area contributed by atoms with Gasteiger partial charge in [0.1, 0.15) is 0 Å². The van der Waals surface area contributed by atoms with Gasteiger partial charge in [0.15, 0.2) is 0 Å². The summed E-state index contributed by atoms with van der Waals surface area (Å²) in [4.78, 5) is 14.5. The number of thiophene rings is 1. The van der Waals surface area contributed by atoms with Gasteiger partial charge in [0, 0.05) is 15.6 Å². The minimum Gasteiger partial charge on any atom is -0.321 e. The van der Waals surface area contributed by atoms with Crippen molar-refractivity contribution >= 4 is 34.5 Å². The van der Waals surface area contributed by atoms with Gasteiger partial charge < -0.3 is 5.32 Å². The van der Waals surface area contributed by atoms with Crippen LogP contribution >= 0.6 is 22.9 Å². The second-order valence-corrected chi connectivity index (χ2v) is 7.11. The lowest BCUT2D eigenvalue weighted by atomic mass is 9.87. The number of fused-ring (bicyclic) bond motifs is 1. The third kappa shape index (κ3) is 3.30. The Bertz CT molecular complexity index is 665. The second kappa shape index (κ2) is 6.20. The molecule has 110 valence electrons. The molecular weight excluding hydrogens is 302 g/mol. The molecule has 0 bridgehead atoms. The molecule has 0 saturated carbocycles. The van der Waals surface area contributed by atoms with Gasteiger partial charge in [-0.05, 0) is 55.0 Å². The molecule has 2 aromatic rings. The molecule has 0 fully saturated rings. The summed E-state index contributed by atoms with van der Waals surface area (Å²) in [7, 11) is 0. The number of nitrogens with one attached hydrogen (secondary N) is 1. The van der Waals surface area contributed by atoms with Crippen molar-refractivity contribution in [3.8, 4) is 0 Å². The van der Waals surface area contributed by atoms with Crippen LogP contribution in [0.1, 0.15) is 39.9 Å². The number of benzene rings is 1. The van der Waals surface area contributed by atoms with E-state index in [1.54, 1.807) is 23.5 Å². The highest BCUT2D eigenvalue weighted by Crippen LogP contribution is 2.33. The zero-order valence-corrected chi connectivity index (χ0v) is 13.6. The predicted octanol–water partition coefficient (Wildman–Crippen LogP) is 5.17. The molecule has 0 aliphatic heterocycles. The highest BCUT2D eigenvalue weighted by atomic mass is 35.5. The Morgan fingerprint density at radius 1 is 1.43 bits per heavy atom. The molecule has 2 nitrogen and oxygen atoms in total. The van der Waals surface area contributed by atoms with E-state index in [0.717, 1.165) is 29.3 Å². The maximum Gasteiger partial charge on any atom is 0.265 e. The van der Waals surface area contributed by atoms with E-state index in [0.29, 0.717) is 5.02 Å². The Kier molecular flexibility index (Phi) is 4.32. The van der Waals surface area contributed by atoms with Crippen molar-refractivity contribution < 1.29 is 4.79 Å². The molecule has 1 aromatic carbocycles. The first-order valence-electron chi connectivity index (χ1n) is 7.34. The summed E-state index contributed by atoms with van der Waals surface area (Å²) in [5.41, 5.74) is 2.11. The number of hydrogen-bond donors (Lipinski definition) is 1. The van der Waals surface area contributed by atoms with E-state index >= 15 is 0 Å². The standard InChI is InChI=1S/C17H18ClNOS/c1-2-11-6-7-15-12(8-11)9-16(21-15)17(20)19-14-5-3-4-13(18)10-14/h3-5,9-11H,2,6-8H2,1H3,(H,19,20)/t11-/m1/s1. The van der Waals surface area contributed by atoms with E-state index in [2.05, 4.69) is 18.3 Å². The van der Waals surface area contributed by atoms with E-state index in [1.165, 1.54) is 23.3 Å². The highest BCUT2D eigenvalue weighted by Gasteiger charge is 2.22. The van der Waals surface area contributed by atoms with E-state index in [1.807, 2.05) is 12.1 Å². The van der Waals surface area contributed by atoms with Crippen molar-refractivity contribution in [1.29, 1.82) is 0 Å².